The summed E-state index contributed by atoms with van der Waals surface area (Å²) in [5.74, 6) is 0.584. The molecule has 0 heterocycles. The van der Waals surface area contributed by atoms with Crippen LogP contribution in [0, 0.1) is 0 Å². The molecule has 0 aliphatic carbocycles. The summed E-state index contributed by atoms with van der Waals surface area (Å²) in [7, 11) is 0. The third-order valence-electron chi connectivity index (χ3n) is 2.18. The number of aliphatic hydroxyl groups excluding tert-OH is 1. The van der Waals surface area contributed by atoms with Crippen molar-refractivity contribution >= 4 is 0 Å². The van der Waals surface area contributed by atoms with Gasteiger partial charge in [0.2, 0.25) is 0 Å². The fourth-order valence-electron chi connectivity index (χ4n) is 1.38. The van der Waals surface area contributed by atoms with Gasteiger partial charge in [0.15, 0.2) is 0 Å². The zero-order valence-corrected chi connectivity index (χ0v) is 8.62. The molecule has 0 bridgehead atoms. The summed E-state index contributed by atoms with van der Waals surface area (Å²) in [5, 5.41) is 9.18. The van der Waals surface area contributed by atoms with Gasteiger partial charge in [-0.25, -0.2) is 0 Å². The molecule has 0 saturated heterocycles. The maximum atomic E-state index is 9.18. The largest absolute Gasteiger partial charge is 0.393 e. The molecule has 0 radical (unpaired) electrons. The van der Waals surface area contributed by atoms with Gasteiger partial charge in [-0.15, -0.1) is 0 Å². The predicted octanol–water partition coefficient (Wildman–Crippen LogP) is 2.73. The predicted molar refractivity (Wildman–Crippen MR) is 55.9 cm³/mol. The number of hydrogen-bond donors (Lipinski definition) is 1. The Morgan fingerprint density at radius 2 is 1.62 bits per heavy atom. The molecule has 0 aliphatic heterocycles. The first-order valence-electron chi connectivity index (χ1n) is 4.86. The lowest BCUT2D eigenvalue weighted by atomic mass is 10.00. The summed E-state index contributed by atoms with van der Waals surface area (Å²) in [6.07, 6.45) is 0.503. The van der Waals surface area contributed by atoms with E-state index in [1.165, 1.54) is 11.1 Å². The van der Waals surface area contributed by atoms with Crippen molar-refractivity contribution in [3.05, 3.63) is 35.4 Å². The van der Waals surface area contributed by atoms with Crippen LogP contribution in [0.1, 0.15) is 37.8 Å². The summed E-state index contributed by atoms with van der Waals surface area (Å²) in [4.78, 5) is 0. The second kappa shape index (κ2) is 4.43. The van der Waals surface area contributed by atoms with E-state index in [2.05, 4.69) is 38.1 Å². The van der Waals surface area contributed by atoms with Crippen molar-refractivity contribution in [3.63, 3.8) is 0 Å². The van der Waals surface area contributed by atoms with E-state index >= 15 is 0 Å². The lowest BCUT2D eigenvalue weighted by Crippen LogP contribution is -2.03. The monoisotopic (exact) mass is 178 g/mol. The first kappa shape index (κ1) is 10.3. The van der Waals surface area contributed by atoms with Crippen LogP contribution >= 0.6 is 0 Å². The molecule has 1 aromatic rings. The van der Waals surface area contributed by atoms with Crippen LogP contribution in [0.25, 0.3) is 0 Å². The van der Waals surface area contributed by atoms with E-state index in [-0.39, 0.29) is 6.10 Å². The number of rotatable bonds is 3. The van der Waals surface area contributed by atoms with Gasteiger partial charge < -0.3 is 5.11 Å². The number of aliphatic hydroxyl groups is 1. The molecule has 72 valence electrons. The fraction of sp³-hybridized carbons (Fsp3) is 0.500. The Kier molecular flexibility index (Phi) is 3.49. The Hall–Kier alpha value is -0.820. The molecule has 1 N–H and O–H groups in total. The van der Waals surface area contributed by atoms with E-state index in [0.717, 1.165) is 6.42 Å². The lowest BCUT2D eigenvalue weighted by Gasteiger charge is -2.07. The minimum Gasteiger partial charge on any atom is -0.393 e. The fourth-order valence-corrected chi connectivity index (χ4v) is 1.38. The Bertz CT molecular complexity index is 246. The highest BCUT2D eigenvalue weighted by Crippen LogP contribution is 2.15. The van der Waals surface area contributed by atoms with E-state index < -0.39 is 0 Å². The Morgan fingerprint density at radius 1 is 1.08 bits per heavy atom. The zero-order chi connectivity index (χ0) is 9.84. The lowest BCUT2D eigenvalue weighted by molar-refractivity contribution is 0.195. The van der Waals surface area contributed by atoms with Crippen LogP contribution in [0.4, 0.5) is 0 Å². The van der Waals surface area contributed by atoms with E-state index in [1.54, 1.807) is 0 Å². The second-order valence-corrected chi connectivity index (χ2v) is 3.95. The number of benzene rings is 1. The van der Waals surface area contributed by atoms with Crippen molar-refractivity contribution in [1.29, 1.82) is 0 Å². The topological polar surface area (TPSA) is 20.2 Å². The van der Waals surface area contributed by atoms with Crippen molar-refractivity contribution in [2.45, 2.75) is 39.2 Å². The third kappa shape index (κ3) is 3.19. The molecule has 1 aromatic carbocycles. The molecule has 0 aromatic heterocycles. The van der Waals surface area contributed by atoms with Gasteiger partial charge in [0.05, 0.1) is 6.10 Å². The van der Waals surface area contributed by atoms with Crippen molar-refractivity contribution < 1.29 is 5.11 Å². The summed E-state index contributed by atoms with van der Waals surface area (Å²) >= 11 is 0. The highest BCUT2D eigenvalue weighted by molar-refractivity contribution is 5.24. The van der Waals surface area contributed by atoms with Gasteiger partial charge >= 0.3 is 0 Å². The van der Waals surface area contributed by atoms with Gasteiger partial charge in [-0.2, -0.15) is 0 Å². The van der Waals surface area contributed by atoms with Crippen molar-refractivity contribution in [2.75, 3.05) is 0 Å². The van der Waals surface area contributed by atoms with Gasteiger partial charge in [-0.1, -0.05) is 38.1 Å². The highest BCUT2D eigenvalue weighted by Gasteiger charge is 2.00. The minimum atomic E-state index is -0.245. The van der Waals surface area contributed by atoms with Gasteiger partial charge in [-0.3, -0.25) is 0 Å². The number of hydrogen-bond acceptors (Lipinski definition) is 1. The molecule has 1 nitrogen and oxygen atoms in total. The summed E-state index contributed by atoms with van der Waals surface area (Å²) in [6.45, 7) is 6.18. The standard InChI is InChI=1S/C12H18O/c1-9(2)12-6-4-11(5-7-12)8-10(3)13/h4-7,9-10,13H,8H2,1-3H3. The highest BCUT2D eigenvalue weighted by atomic mass is 16.3. The van der Waals surface area contributed by atoms with Crippen molar-refractivity contribution in [3.8, 4) is 0 Å². The Morgan fingerprint density at radius 3 is 2.00 bits per heavy atom. The normalized spacial score (nSPS) is 13.3. The minimum absolute atomic E-state index is 0.245. The molecule has 0 amide bonds. The van der Waals surface area contributed by atoms with Crippen LogP contribution in [0.5, 0.6) is 0 Å². The average Bonchev–Trinajstić information content (AvgIpc) is 2.04. The first-order valence-corrected chi connectivity index (χ1v) is 4.86. The molecule has 0 fully saturated rings. The Labute approximate surface area is 80.4 Å². The summed E-state index contributed by atoms with van der Waals surface area (Å²) < 4.78 is 0. The van der Waals surface area contributed by atoms with Gasteiger partial charge in [0.25, 0.3) is 0 Å². The first-order chi connectivity index (χ1) is 6.09. The van der Waals surface area contributed by atoms with Gasteiger partial charge in [0, 0.05) is 0 Å². The molecule has 13 heavy (non-hydrogen) atoms. The van der Waals surface area contributed by atoms with Crippen LogP contribution in [-0.4, -0.2) is 11.2 Å². The van der Waals surface area contributed by atoms with Gasteiger partial charge in [0.1, 0.15) is 0 Å². The van der Waals surface area contributed by atoms with Gasteiger partial charge in [-0.05, 0) is 30.4 Å². The Balaban J connectivity index is 2.70. The third-order valence-corrected chi connectivity index (χ3v) is 2.18. The molecule has 0 saturated carbocycles. The van der Waals surface area contributed by atoms with E-state index in [0.29, 0.717) is 5.92 Å². The molecular weight excluding hydrogens is 160 g/mol. The van der Waals surface area contributed by atoms with Crippen LogP contribution in [0.15, 0.2) is 24.3 Å². The van der Waals surface area contributed by atoms with E-state index in [4.69, 9.17) is 0 Å². The van der Waals surface area contributed by atoms with Crippen molar-refractivity contribution in [2.24, 2.45) is 0 Å². The van der Waals surface area contributed by atoms with E-state index in [9.17, 15) is 5.11 Å². The summed E-state index contributed by atoms with van der Waals surface area (Å²) in [6, 6.07) is 8.48. The van der Waals surface area contributed by atoms with E-state index in [1.807, 2.05) is 6.92 Å². The molecule has 1 atom stereocenters. The molecular formula is C12H18O. The van der Waals surface area contributed by atoms with Crippen LogP contribution < -0.4 is 0 Å². The molecule has 0 spiro atoms. The molecule has 1 rings (SSSR count). The maximum Gasteiger partial charge on any atom is 0.0552 e. The SMILES string of the molecule is CC(O)Cc1ccc(C(C)C)cc1. The van der Waals surface area contributed by atoms with Crippen molar-refractivity contribution in [1.82, 2.24) is 0 Å². The van der Waals surface area contributed by atoms with Crippen LogP contribution in [0.2, 0.25) is 0 Å². The zero-order valence-electron chi connectivity index (χ0n) is 8.62. The van der Waals surface area contributed by atoms with Crippen LogP contribution in [0.3, 0.4) is 0 Å². The van der Waals surface area contributed by atoms with Crippen LogP contribution in [-0.2, 0) is 6.42 Å². The average molecular weight is 178 g/mol. The molecule has 1 heteroatoms. The quantitative estimate of drug-likeness (QED) is 0.754. The molecule has 0 aliphatic rings. The summed E-state index contributed by atoms with van der Waals surface area (Å²) in [5.41, 5.74) is 2.56. The smallest absolute Gasteiger partial charge is 0.0552 e. The second-order valence-electron chi connectivity index (χ2n) is 3.95. The maximum absolute atomic E-state index is 9.18. The molecule has 1 unspecified atom stereocenters.